The number of hydrogen-bond acceptors (Lipinski definition) is 18. The Balaban J connectivity index is 0. The number of methoxy groups -OCH3 is 3. The number of hydrogen-bond donors (Lipinski definition) is 3. The minimum absolute atomic E-state index is 0. The van der Waals surface area contributed by atoms with E-state index >= 15 is 0 Å². The molecular weight excluding hydrogens is 965 g/mol. The third kappa shape index (κ3) is 17.8. The fourth-order valence-corrected chi connectivity index (χ4v) is 9.34. The topological polar surface area (TPSA) is 308 Å². The van der Waals surface area contributed by atoms with E-state index in [-0.39, 0.29) is 111 Å². The third-order valence-corrected chi connectivity index (χ3v) is 15.1. The number of cyclic esters (lactones) is 2. The normalized spacial score (nSPS) is 14.0. The van der Waals surface area contributed by atoms with Crippen molar-refractivity contribution in [2.45, 2.75) is 86.9 Å². The summed E-state index contributed by atoms with van der Waals surface area (Å²) in [5.74, 6) is -2.90. The summed E-state index contributed by atoms with van der Waals surface area (Å²) >= 11 is 0. The summed E-state index contributed by atoms with van der Waals surface area (Å²) in [5.41, 5.74) is 5.71. The second-order valence-electron chi connectivity index (χ2n) is 15.7. The summed E-state index contributed by atoms with van der Waals surface area (Å²) in [6.45, 7) is 7.51. The number of benzene rings is 2. The van der Waals surface area contributed by atoms with Gasteiger partial charge in [-0.25, -0.2) is 9.59 Å². The van der Waals surface area contributed by atoms with E-state index in [0.29, 0.717) is 53.0 Å². The van der Waals surface area contributed by atoms with Crippen molar-refractivity contribution in [2.24, 2.45) is 11.8 Å². The molecule has 23 heteroatoms. The molecule has 6 N–H and O–H groups in total. The zero-order valence-electron chi connectivity index (χ0n) is 42.0. The number of rotatable bonds is 24. The van der Waals surface area contributed by atoms with E-state index in [1.54, 1.807) is 31.2 Å². The first-order valence-electron chi connectivity index (χ1n) is 21.2. The molecule has 0 aliphatic carbocycles. The van der Waals surface area contributed by atoms with Crippen molar-refractivity contribution in [3.05, 3.63) is 92.1 Å². The summed E-state index contributed by atoms with van der Waals surface area (Å²) in [4.78, 5) is 48.1. The van der Waals surface area contributed by atoms with Crippen molar-refractivity contribution < 1.29 is 115 Å². The number of allylic oxidation sites excluding steroid dienone is 8. The number of carbonyl (C=O) groups is 4. The second kappa shape index (κ2) is 31.7. The molecule has 0 spiro atoms. The van der Waals surface area contributed by atoms with Crippen LogP contribution in [0.1, 0.15) is 101 Å². The quantitative estimate of drug-likeness (QED) is 0.0384. The van der Waals surface area contributed by atoms with Crippen LogP contribution in [0.5, 0.6) is 23.0 Å². The number of carbonyl (C=O) groups excluding carboxylic acids is 3. The zero-order chi connectivity index (χ0) is 50.2. The van der Waals surface area contributed by atoms with Crippen LogP contribution in [0.25, 0.3) is 0 Å². The average Bonchev–Trinajstić information content (AvgIpc) is 3.91. The molecule has 2 aromatic carbocycles. The Morgan fingerprint density at radius 1 is 0.662 bits per heavy atom. The van der Waals surface area contributed by atoms with Crippen LogP contribution in [-0.2, 0) is 77.1 Å². The van der Waals surface area contributed by atoms with Crippen molar-refractivity contribution in [1.82, 2.24) is 0 Å². The molecule has 2 heterocycles. The maximum Gasteiger partial charge on any atom is 1.00 e. The predicted octanol–water partition coefficient (Wildman–Crippen LogP) is 5.51. The molecule has 4 rings (SSSR count). The Kier molecular flexibility index (Phi) is 30.5. The van der Waals surface area contributed by atoms with E-state index in [0.717, 1.165) is 22.3 Å². The average molecular weight is 1040 g/mol. The van der Waals surface area contributed by atoms with E-state index in [4.69, 9.17) is 41.8 Å². The SMILES string of the molecule is C.COC(=O)C(C/C=C/CP(=O)(OC)OC)C/C(C)=C/Cc1c(O)c2c(c(C)c1OC)COC2=O.COc1c(C)c2c(c(O)c1C/C=C(\C)CC(C/C=C/CP(=O)(OC)OC)C(=O)O)C(=O)OC2.O.[Li+].[OH-]. The van der Waals surface area contributed by atoms with Crippen LogP contribution < -0.4 is 28.3 Å². The first kappa shape index (κ1) is 68.4. The number of aliphatic carboxylic acids is 1. The van der Waals surface area contributed by atoms with Crippen LogP contribution in [0.15, 0.2) is 47.6 Å². The van der Waals surface area contributed by atoms with E-state index in [1.807, 2.05) is 32.9 Å². The molecule has 71 heavy (non-hydrogen) atoms. The van der Waals surface area contributed by atoms with Crippen molar-refractivity contribution in [3.63, 3.8) is 0 Å². The second-order valence-corrected chi connectivity index (χ2v) is 20.4. The van der Waals surface area contributed by atoms with Gasteiger partial charge in [-0.3, -0.25) is 18.7 Å². The molecule has 20 nitrogen and oxygen atoms in total. The van der Waals surface area contributed by atoms with Gasteiger partial charge in [-0.1, -0.05) is 55.0 Å². The molecule has 0 fully saturated rings. The van der Waals surface area contributed by atoms with Crippen LogP contribution >= 0.6 is 15.2 Å². The Hall–Kier alpha value is -4.70. The van der Waals surface area contributed by atoms with Gasteiger partial charge in [0.15, 0.2) is 0 Å². The maximum atomic E-state index is 12.3. The van der Waals surface area contributed by atoms with Gasteiger partial charge < -0.3 is 68.1 Å². The summed E-state index contributed by atoms with van der Waals surface area (Å²) < 4.78 is 69.7. The number of carboxylic acids is 1. The molecule has 0 saturated heterocycles. The van der Waals surface area contributed by atoms with E-state index in [2.05, 4.69) is 0 Å². The Morgan fingerprint density at radius 3 is 1.34 bits per heavy atom. The number of carboxylic acid groups (broad SMARTS) is 1. The number of phenolic OH excluding ortho intramolecular Hbond substituents is 2. The van der Waals surface area contributed by atoms with Gasteiger partial charge in [0, 0.05) is 50.7 Å². The Labute approximate surface area is 428 Å². The van der Waals surface area contributed by atoms with Gasteiger partial charge in [0.1, 0.15) is 47.3 Å². The van der Waals surface area contributed by atoms with Crippen molar-refractivity contribution in [3.8, 4) is 23.0 Å². The summed E-state index contributed by atoms with van der Waals surface area (Å²) in [5, 5.41) is 31.0. The molecule has 2 aliphatic rings. The van der Waals surface area contributed by atoms with Crippen LogP contribution in [0, 0.1) is 25.7 Å². The van der Waals surface area contributed by atoms with Crippen molar-refractivity contribution in [2.75, 3.05) is 62.1 Å². The standard InChI is InChI=1S/C24H33O9P.C23H31O9P.CH4.Li.2H2O/c1-15(13-17(23(26)30-4)9-7-8-12-34(28,31-5)32-6)10-11-18-21(25)20-19(14-33-24(20)27)16(2)22(18)29-3;1-14(12-16(22(25)26)8-6-7-11-33(28,30-4)31-5)9-10-17-20(24)19-18(13-32-23(19)27)15(2)21(17)29-3;;;;/h7-8,10,17,25H,9,11-14H2,1-6H3;6-7,9,16,24H,8,10-13H2,1-5H3,(H,25,26);1H4;;2*1H2/q;;;+1;;/p-1/b8-7+,15-10+;7-6+,14-9+;;;;. The van der Waals surface area contributed by atoms with Gasteiger partial charge in [-0.2, -0.15) is 0 Å². The van der Waals surface area contributed by atoms with Gasteiger partial charge in [0.25, 0.3) is 0 Å². The molecule has 2 aromatic rings. The van der Waals surface area contributed by atoms with Gasteiger partial charge in [-0.15, -0.1) is 0 Å². The van der Waals surface area contributed by atoms with E-state index in [9.17, 15) is 43.6 Å². The number of aromatic hydroxyl groups is 2. The van der Waals surface area contributed by atoms with Crippen LogP contribution in [0.2, 0.25) is 0 Å². The molecular formula is C48H71LiO20P2. The molecule has 0 bridgehead atoms. The van der Waals surface area contributed by atoms with E-state index in [1.165, 1.54) is 49.8 Å². The zero-order valence-corrected chi connectivity index (χ0v) is 43.8. The molecule has 394 valence electrons. The van der Waals surface area contributed by atoms with Gasteiger partial charge >= 0.3 is 57.9 Å². The number of ether oxygens (including phenoxy) is 5. The molecule has 2 aliphatic heterocycles. The van der Waals surface area contributed by atoms with Gasteiger partial charge in [0.05, 0.1) is 45.5 Å². The van der Waals surface area contributed by atoms with Crippen LogP contribution in [-0.4, -0.2) is 112 Å². The predicted molar refractivity (Wildman–Crippen MR) is 261 cm³/mol. The van der Waals surface area contributed by atoms with E-state index < -0.39 is 44.9 Å². The summed E-state index contributed by atoms with van der Waals surface area (Å²) in [6, 6.07) is 0. The number of phenols is 2. The molecule has 2 atom stereocenters. The minimum atomic E-state index is -3.18. The summed E-state index contributed by atoms with van der Waals surface area (Å²) in [6.07, 6.45) is 12.4. The molecule has 0 amide bonds. The van der Waals surface area contributed by atoms with Crippen molar-refractivity contribution in [1.29, 1.82) is 0 Å². The molecule has 2 unspecified atom stereocenters. The number of esters is 3. The van der Waals surface area contributed by atoms with Gasteiger partial charge in [-0.05, 0) is 77.3 Å². The smallest absolute Gasteiger partial charge is 0.870 e. The first-order valence-corrected chi connectivity index (χ1v) is 24.7. The summed E-state index contributed by atoms with van der Waals surface area (Å²) in [7, 11) is 3.24. The molecule has 0 radical (unpaired) electrons. The Morgan fingerprint density at radius 2 is 1.01 bits per heavy atom. The van der Waals surface area contributed by atoms with Crippen LogP contribution in [0.3, 0.4) is 0 Å². The molecule has 0 saturated carbocycles. The molecule has 0 aromatic heterocycles. The fraction of sp³-hybridized carbons (Fsp3) is 0.500. The third-order valence-electron chi connectivity index (χ3n) is 11.6. The monoisotopic (exact) mass is 1040 g/mol. The largest absolute Gasteiger partial charge is 1.00 e. The van der Waals surface area contributed by atoms with Crippen molar-refractivity contribution >= 4 is 39.1 Å². The van der Waals surface area contributed by atoms with Crippen LogP contribution in [0.4, 0.5) is 0 Å². The number of fused-ring (bicyclic) bond motifs is 2. The van der Waals surface area contributed by atoms with Gasteiger partial charge in [0.2, 0.25) is 0 Å². The fourth-order valence-electron chi connectivity index (χ4n) is 7.63. The first-order chi connectivity index (χ1) is 31.7. The minimum Gasteiger partial charge on any atom is -0.870 e. The Bertz CT molecular complexity index is 2360. The maximum absolute atomic E-state index is 12.3.